The molecule has 1 aromatic carbocycles. The fourth-order valence-electron chi connectivity index (χ4n) is 4.14. The summed E-state index contributed by atoms with van der Waals surface area (Å²) >= 11 is 0. The second kappa shape index (κ2) is 10.6. The normalized spacial score (nSPS) is 15.9. The smallest absolute Gasteiger partial charge is 0.138 e. The molecule has 2 aliphatic rings. The number of anilines is 2. The molecule has 33 heavy (non-hydrogen) atoms. The van der Waals surface area contributed by atoms with Gasteiger partial charge in [-0.2, -0.15) is 0 Å². The lowest BCUT2D eigenvalue weighted by Gasteiger charge is -2.45. The van der Waals surface area contributed by atoms with Gasteiger partial charge < -0.3 is 20.6 Å². The van der Waals surface area contributed by atoms with Gasteiger partial charge in [-0.05, 0) is 64.7 Å². The number of benzene rings is 1. The third-order valence-electron chi connectivity index (χ3n) is 6.05. The second-order valence-electron chi connectivity index (χ2n) is 8.64. The molecule has 0 amide bonds. The van der Waals surface area contributed by atoms with Crippen molar-refractivity contribution >= 4 is 23.4 Å². The SMILES string of the molecule is C=C1c2c(O)cccc2C=C(C(C)Nc2ncnc(NC=C(C)C)c2C)N1C1CCC1.CC. The highest BCUT2D eigenvalue weighted by Gasteiger charge is 2.35. The van der Waals surface area contributed by atoms with Crippen molar-refractivity contribution in [1.82, 2.24) is 14.9 Å². The van der Waals surface area contributed by atoms with E-state index in [1.165, 1.54) is 12.0 Å². The van der Waals surface area contributed by atoms with Gasteiger partial charge in [0, 0.05) is 34.8 Å². The van der Waals surface area contributed by atoms with E-state index < -0.39 is 0 Å². The molecule has 4 rings (SSSR count). The molecule has 1 aliphatic carbocycles. The summed E-state index contributed by atoms with van der Waals surface area (Å²) < 4.78 is 0. The average molecular weight is 448 g/mol. The van der Waals surface area contributed by atoms with Crippen molar-refractivity contribution in [1.29, 1.82) is 0 Å². The number of fused-ring (bicyclic) bond motifs is 1. The Hall–Kier alpha value is -3.28. The zero-order chi connectivity index (χ0) is 24.1. The van der Waals surface area contributed by atoms with E-state index in [0.29, 0.717) is 6.04 Å². The van der Waals surface area contributed by atoms with Crippen LogP contribution in [0.2, 0.25) is 0 Å². The molecule has 176 valence electrons. The number of aromatic nitrogens is 2. The zero-order valence-electron chi connectivity index (χ0n) is 20.7. The number of aromatic hydroxyl groups is 1. The topological polar surface area (TPSA) is 73.3 Å². The largest absolute Gasteiger partial charge is 0.507 e. The maximum absolute atomic E-state index is 10.5. The molecule has 1 atom stereocenters. The molecule has 2 aromatic rings. The van der Waals surface area contributed by atoms with Gasteiger partial charge >= 0.3 is 0 Å². The van der Waals surface area contributed by atoms with Crippen LogP contribution in [-0.4, -0.2) is 32.1 Å². The van der Waals surface area contributed by atoms with Crippen LogP contribution >= 0.6 is 0 Å². The van der Waals surface area contributed by atoms with Crippen molar-refractivity contribution in [3.8, 4) is 5.75 Å². The monoisotopic (exact) mass is 447 g/mol. The van der Waals surface area contributed by atoms with Crippen molar-refractivity contribution in [2.75, 3.05) is 10.6 Å². The summed E-state index contributed by atoms with van der Waals surface area (Å²) in [4.78, 5) is 11.2. The molecule has 0 radical (unpaired) electrons. The minimum atomic E-state index is -0.00208. The van der Waals surface area contributed by atoms with Crippen LogP contribution in [0.15, 0.2) is 48.6 Å². The average Bonchev–Trinajstić information content (AvgIpc) is 2.76. The Kier molecular flexibility index (Phi) is 7.79. The van der Waals surface area contributed by atoms with Crippen molar-refractivity contribution in [3.63, 3.8) is 0 Å². The zero-order valence-corrected chi connectivity index (χ0v) is 20.7. The van der Waals surface area contributed by atoms with Gasteiger partial charge in [-0.15, -0.1) is 0 Å². The third kappa shape index (κ3) is 5.05. The Bertz CT molecular complexity index is 1060. The van der Waals surface area contributed by atoms with Gasteiger partial charge in [-0.25, -0.2) is 9.97 Å². The van der Waals surface area contributed by atoms with Crippen LogP contribution in [0.5, 0.6) is 5.75 Å². The van der Waals surface area contributed by atoms with Crippen molar-refractivity contribution < 1.29 is 5.11 Å². The number of nitrogens with one attached hydrogen (secondary N) is 2. The highest BCUT2D eigenvalue weighted by atomic mass is 16.3. The predicted octanol–water partition coefficient (Wildman–Crippen LogP) is 6.53. The maximum atomic E-state index is 10.5. The third-order valence-corrected chi connectivity index (χ3v) is 6.05. The van der Waals surface area contributed by atoms with E-state index in [1.807, 2.05) is 53.0 Å². The molecule has 6 heteroatoms. The number of rotatable bonds is 6. The Labute approximate surface area is 198 Å². The quantitative estimate of drug-likeness (QED) is 0.467. The van der Waals surface area contributed by atoms with Crippen LogP contribution in [-0.2, 0) is 0 Å². The molecule has 1 unspecified atom stereocenters. The number of phenolic OH excluding ortho intramolecular Hbond substituents is 1. The lowest BCUT2D eigenvalue weighted by molar-refractivity contribution is 0.229. The molecule has 1 saturated carbocycles. The van der Waals surface area contributed by atoms with E-state index in [-0.39, 0.29) is 11.8 Å². The first-order valence-corrected chi connectivity index (χ1v) is 11.9. The first-order valence-electron chi connectivity index (χ1n) is 11.9. The molecule has 2 heterocycles. The van der Waals surface area contributed by atoms with Gasteiger partial charge in [0.25, 0.3) is 0 Å². The van der Waals surface area contributed by atoms with Crippen LogP contribution in [0.4, 0.5) is 11.6 Å². The van der Waals surface area contributed by atoms with Crippen molar-refractivity contribution in [2.45, 2.75) is 72.9 Å². The molecule has 6 nitrogen and oxygen atoms in total. The number of hydrogen-bond donors (Lipinski definition) is 3. The van der Waals surface area contributed by atoms with Crippen LogP contribution in [0.1, 0.15) is 70.6 Å². The van der Waals surface area contributed by atoms with Crippen LogP contribution in [0.25, 0.3) is 11.8 Å². The molecular weight excluding hydrogens is 410 g/mol. The predicted molar refractivity (Wildman–Crippen MR) is 139 cm³/mol. The van der Waals surface area contributed by atoms with Gasteiger partial charge in [0.05, 0.1) is 6.04 Å². The molecule has 0 bridgehead atoms. The molecule has 0 spiro atoms. The lowest BCUT2D eigenvalue weighted by atomic mass is 9.86. The number of allylic oxidation sites excluding steroid dienone is 1. The summed E-state index contributed by atoms with van der Waals surface area (Å²) in [6, 6.07) is 6.05. The van der Waals surface area contributed by atoms with Crippen molar-refractivity contribution in [3.05, 3.63) is 65.3 Å². The molecule has 1 aliphatic heterocycles. The fraction of sp³-hybridized carbons (Fsp3) is 0.407. The summed E-state index contributed by atoms with van der Waals surface area (Å²) in [6.45, 7) is 16.6. The van der Waals surface area contributed by atoms with E-state index >= 15 is 0 Å². The van der Waals surface area contributed by atoms with E-state index in [0.717, 1.165) is 52.6 Å². The highest BCUT2D eigenvalue weighted by Crippen LogP contribution is 2.43. The molecular formula is C27H37N5O. The van der Waals surface area contributed by atoms with Gasteiger partial charge in [-0.1, -0.05) is 38.1 Å². The summed E-state index contributed by atoms with van der Waals surface area (Å²) in [6.07, 6.45) is 9.18. The Balaban J connectivity index is 0.00000149. The molecule has 1 aromatic heterocycles. The lowest BCUT2D eigenvalue weighted by Crippen LogP contribution is -2.43. The standard InChI is InChI=1S/C25H31N5O.C2H6/c1-15(2)13-26-24-16(3)25(28-14-27-24)29-17(4)21-12-19-8-6-11-22(31)23(19)18(5)30(21)20-9-7-10-20;1-2/h6,8,11-14,17,20,31H,5,7,9-10H2,1-4H3,(H2,26,27,28,29);1-2H3. The van der Waals surface area contributed by atoms with E-state index in [9.17, 15) is 5.11 Å². The Morgan fingerprint density at radius 3 is 2.55 bits per heavy atom. The Morgan fingerprint density at radius 2 is 1.91 bits per heavy atom. The van der Waals surface area contributed by atoms with Crippen LogP contribution < -0.4 is 10.6 Å². The number of phenols is 1. The molecule has 3 N–H and O–H groups in total. The minimum absolute atomic E-state index is 0.00208. The van der Waals surface area contributed by atoms with Gasteiger partial charge in [-0.3, -0.25) is 0 Å². The summed E-state index contributed by atoms with van der Waals surface area (Å²) in [5, 5.41) is 17.3. The van der Waals surface area contributed by atoms with E-state index in [4.69, 9.17) is 0 Å². The number of hydrogen-bond acceptors (Lipinski definition) is 6. The summed E-state index contributed by atoms with van der Waals surface area (Å²) in [5.41, 5.74) is 5.98. The van der Waals surface area contributed by atoms with E-state index in [2.05, 4.69) is 45.1 Å². The van der Waals surface area contributed by atoms with Gasteiger partial charge in [0.2, 0.25) is 0 Å². The Morgan fingerprint density at radius 1 is 1.21 bits per heavy atom. The summed E-state index contributed by atoms with van der Waals surface area (Å²) in [5.74, 6) is 1.87. The first kappa shape index (κ1) is 24.4. The maximum Gasteiger partial charge on any atom is 0.138 e. The molecule has 1 fully saturated rings. The highest BCUT2D eigenvalue weighted by molar-refractivity contribution is 5.82. The second-order valence-corrected chi connectivity index (χ2v) is 8.64. The van der Waals surface area contributed by atoms with E-state index in [1.54, 1.807) is 12.4 Å². The minimum Gasteiger partial charge on any atom is -0.507 e. The number of nitrogens with zero attached hydrogens (tertiary/aromatic N) is 3. The summed E-state index contributed by atoms with van der Waals surface area (Å²) in [7, 11) is 0. The van der Waals surface area contributed by atoms with Gasteiger partial charge in [0.15, 0.2) is 0 Å². The van der Waals surface area contributed by atoms with Crippen LogP contribution in [0, 0.1) is 6.92 Å². The fourth-order valence-corrected chi connectivity index (χ4v) is 4.14. The molecule has 0 saturated heterocycles. The van der Waals surface area contributed by atoms with Crippen molar-refractivity contribution in [2.24, 2.45) is 0 Å². The first-order chi connectivity index (χ1) is 15.9. The van der Waals surface area contributed by atoms with Gasteiger partial charge in [0.1, 0.15) is 23.7 Å². The van der Waals surface area contributed by atoms with Crippen LogP contribution in [0.3, 0.4) is 0 Å².